The van der Waals surface area contributed by atoms with Crippen LogP contribution < -0.4 is 4.72 Å². The first-order valence-corrected chi connectivity index (χ1v) is 7.47. The molecule has 0 spiro atoms. The molecule has 1 aromatic heterocycles. The van der Waals surface area contributed by atoms with Gasteiger partial charge >= 0.3 is 5.97 Å². The molecule has 0 unspecified atom stereocenters. The van der Waals surface area contributed by atoms with Crippen LogP contribution in [0.15, 0.2) is 22.6 Å². The summed E-state index contributed by atoms with van der Waals surface area (Å²) in [7, 11) is -3.41. The number of furan rings is 1. The molecule has 0 saturated heterocycles. The highest BCUT2D eigenvalue weighted by Crippen LogP contribution is 2.29. The summed E-state index contributed by atoms with van der Waals surface area (Å²) in [5.41, 5.74) is 0.809. The lowest BCUT2D eigenvalue weighted by Gasteiger charge is -2.03. The van der Waals surface area contributed by atoms with Crippen LogP contribution >= 0.6 is 0 Å². The highest BCUT2D eigenvalue weighted by Gasteiger charge is 2.19. The molecular formula is C12H13NO5S. The minimum atomic E-state index is -3.41. The first kappa shape index (κ1) is 13.4. The molecule has 0 fully saturated rings. The third kappa shape index (κ3) is 2.70. The summed E-state index contributed by atoms with van der Waals surface area (Å²) >= 11 is 0. The molecule has 2 N–H and O–H groups in total. The third-order valence-electron chi connectivity index (χ3n) is 2.60. The van der Waals surface area contributed by atoms with Gasteiger partial charge in [-0.3, -0.25) is 4.72 Å². The molecule has 0 aliphatic carbocycles. The fraction of sp³-hybridized carbons (Fsp3) is 0.250. The Morgan fingerprint density at radius 3 is 2.63 bits per heavy atom. The zero-order chi connectivity index (χ0) is 14.2. The second-order valence-electron chi connectivity index (χ2n) is 4.14. The van der Waals surface area contributed by atoms with Crippen molar-refractivity contribution in [2.75, 3.05) is 11.0 Å². The third-order valence-corrected chi connectivity index (χ3v) is 3.21. The quantitative estimate of drug-likeness (QED) is 0.895. The molecule has 6 nitrogen and oxygen atoms in total. The van der Waals surface area contributed by atoms with Crippen LogP contribution in [0.25, 0.3) is 11.0 Å². The van der Waals surface area contributed by atoms with E-state index in [1.807, 2.05) is 0 Å². The summed E-state index contributed by atoms with van der Waals surface area (Å²) < 4.78 is 30.1. The molecule has 7 heteroatoms. The van der Waals surface area contributed by atoms with Crippen LogP contribution in [0.1, 0.15) is 23.0 Å². The Morgan fingerprint density at radius 1 is 1.42 bits per heavy atom. The number of anilines is 1. The second kappa shape index (κ2) is 4.58. The lowest BCUT2D eigenvalue weighted by molar-refractivity contribution is 0.0696. The number of carboxylic acids is 1. The summed E-state index contributed by atoms with van der Waals surface area (Å²) in [6, 6.07) is 4.54. The number of sulfonamides is 1. The van der Waals surface area contributed by atoms with Crippen molar-refractivity contribution >= 4 is 32.6 Å². The summed E-state index contributed by atoms with van der Waals surface area (Å²) in [5, 5.41) is 9.60. The first-order valence-electron chi connectivity index (χ1n) is 5.58. The van der Waals surface area contributed by atoms with E-state index in [2.05, 4.69) is 4.72 Å². The standard InChI is InChI=1S/C12H13NO5S/c1-3-9-11(12(14)15)8-6-7(13-19(2,16)17)4-5-10(8)18-9/h4-6,13H,3H2,1-2H3,(H,14,15). The molecule has 1 aromatic carbocycles. The summed E-state index contributed by atoms with van der Waals surface area (Å²) in [4.78, 5) is 11.3. The van der Waals surface area contributed by atoms with E-state index in [0.29, 0.717) is 28.8 Å². The zero-order valence-electron chi connectivity index (χ0n) is 10.4. The van der Waals surface area contributed by atoms with Gasteiger partial charge in [-0.1, -0.05) is 6.92 Å². The van der Waals surface area contributed by atoms with Gasteiger partial charge in [-0.05, 0) is 18.2 Å². The maximum atomic E-state index is 11.3. The summed E-state index contributed by atoms with van der Waals surface area (Å²) in [5.74, 6) is -0.717. The number of aryl methyl sites for hydroxylation is 1. The summed E-state index contributed by atoms with van der Waals surface area (Å²) in [6.07, 6.45) is 1.48. The van der Waals surface area contributed by atoms with E-state index in [-0.39, 0.29) is 5.56 Å². The highest BCUT2D eigenvalue weighted by atomic mass is 32.2. The Labute approximate surface area is 110 Å². The Kier molecular flexibility index (Phi) is 3.23. The maximum Gasteiger partial charge on any atom is 0.339 e. The van der Waals surface area contributed by atoms with Gasteiger partial charge in [-0.15, -0.1) is 0 Å². The number of carbonyl (C=O) groups is 1. The minimum absolute atomic E-state index is 0.0784. The van der Waals surface area contributed by atoms with Crippen molar-refractivity contribution in [3.8, 4) is 0 Å². The molecule has 0 saturated carbocycles. The van der Waals surface area contributed by atoms with E-state index in [1.165, 1.54) is 12.1 Å². The predicted molar refractivity (Wildman–Crippen MR) is 71.0 cm³/mol. The van der Waals surface area contributed by atoms with Gasteiger partial charge in [0.15, 0.2) is 0 Å². The molecule has 102 valence electrons. The van der Waals surface area contributed by atoms with Gasteiger partial charge in [0, 0.05) is 17.5 Å². The van der Waals surface area contributed by atoms with Gasteiger partial charge in [0.05, 0.1) is 6.26 Å². The number of benzene rings is 1. The molecule has 0 bridgehead atoms. The van der Waals surface area contributed by atoms with E-state index in [9.17, 15) is 18.3 Å². The maximum absolute atomic E-state index is 11.3. The van der Waals surface area contributed by atoms with Crippen molar-refractivity contribution in [1.29, 1.82) is 0 Å². The fourth-order valence-electron chi connectivity index (χ4n) is 1.91. The SMILES string of the molecule is CCc1oc2ccc(NS(C)(=O)=O)cc2c1C(=O)O. The lowest BCUT2D eigenvalue weighted by Crippen LogP contribution is -2.09. The molecular weight excluding hydrogens is 270 g/mol. The smallest absolute Gasteiger partial charge is 0.339 e. The normalized spacial score (nSPS) is 11.7. The average Bonchev–Trinajstić information content (AvgIpc) is 2.64. The average molecular weight is 283 g/mol. The Bertz CT molecular complexity index is 745. The van der Waals surface area contributed by atoms with Gasteiger partial charge < -0.3 is 9.52 Å². The van der Waals surface area contributed by atoms with Crippen molar-refractivity contribution in [2.24, 2.45) is 0 Å². The lowest BCUT2D eigenvalue weighted by atomic mass is 10.1. The van der Waals surface area contributed by atoms with Crippen LogP contribution in [0, 0.1) is 0 Å². The number of fused-ring (bicyclic) bond motifs is 1. The molecule has 0 radical (unpaired) electrons. The number of nitrogens with one attached hydrogen (secondary N) is 1. The molecule has 1 heterocycles. The van der Waals surface area contributed by atoms with Crippen LogP contribution in [0.2, 0.25) is 0 Å². The Morgan fingerprint density at radius 2 is 2.11 bits per heavy atom. The highest BCUT2D eigenvalue weighted by molar-refractivity contribution is 7.92. The molecule has 2 aromatic rings. The van der Waals surface area contributed by atoms with Crippen LogP contribution in [-0.4, -0.2) is 25.7 Å². The molecule has 2 rings (SSSR count). The van der Waals surface area contributed by atoms with Gasteiger partial charge in [-0.2, -0.15) is 0 Å². The van der Waals surface area contributed by atoms with Crippen molar-refractivity contribution in [2.45, 2.75) is 13.3 Å². The van der Waals surface area contributed by atoms with E-state index in [0.717, 1.165) is 6.26 Å². The van der Waals surface area contributed by atoms with E-state index < -0.39 is 16.0 Å². The monoisotopic (exact) mass is 283 g/mol. The van der Waals surface area contributed by atoms with Gasteiger partial charge in [-0.25, -0.2) is 13.2 Å². The van der Waals surface area contributed by atoms with Crippen LogP contribution in [0.3, 0.4) is 0 Å². The van der Waals surface area contributed by atoms with E-state index >= 15 is 0 Å². The van der Waals surface area contributed by atoms with E-state index in [4.69, 9.17) is 4.42 Å². The van der Waals surface area contributed by atoms with Crippen LogP contribution in [0.4, 0.5) is 5.69 Å². The molecule has 0 atom stereocenters. The minimum Gasteiger partial charge on any atom is -0.478 e. The predicted octanol–water partition coefficient (Wildman–Crippen LogP) is 2.06. The van der Waals surface area contributed by atoms with Crippen LogP contribution in [0.5, 0.6) is 0 Å². The number of rotatable bonds is 4. The second-order valence-corrected chi connectivity index (χ2v) is 5.89. The molecule has 19 heavy (non-hydrogen) atoms. The number of carboxylic acid groups (broad SMARTS) is 1. The van der Waals surface area contributed by atoms with Crippen molar-refractivity contribution in [1.82, 2.24) is 0 Å². The van der Waals surface area contributed by atoms with Crippen molar-refractivity contribution < 1.29 is 22.7 Å². The number of hydrogen-bond donors (Lipinski definition) is 2. The van der Waals surface area contributed by atoms with Gasteiger partial charge in [0.25, 0.3) is 0 Å². The molecule has 0 amide bonds. The summed E-state index contributed by atoms with van der Waals surface area (Å²) in [6.45, 7) is 1.79. The number of aromatic carboxylic acids is 1. The first-order chi connectivity index (χ1) is 8.81. The fourth-order valence-corrected chi connectivity index (χ4v) is 2.46. The van der Waals surface area contributed by atoms with Gasteiger partial charge in [0.2, 0.25) is 10.0 Å². The topological polar surface area (TPSA) is 96.6 Å². The Hall–Kier alpha value is -2.02. The van der Waals surface area contributed by atoms with Gasteiger partial charge in [0.1, 0.15) is 16.9 Å². The van der Waals surface area contributed by atoms with Crippen molar-refractivity contribution in [3.05, 3.63) is 29.5 Å². The van der Waals surface area contributed by atoms with Crippen LogP contribution in [-0.2, 0) is 16.4 Å². The van der Waals surface area contributed by atoms with E-state index in [1.54, 1.807) is 13.0 Å². The molecule has 0 aliphatic heterocycles. The van der Waals surface area contributed by atoms with Crippen molar-refractivity contribution in [3.63, 3.8) is 0 Å². The molecule has 0 aliphatic rings. The number of hydrogen-bond acceptors (Lipinski definition) is 4. The largest absolute Gasteiger partial charge is 0.478 e. The Balaban J connectivity index is 2.64. The zero-order valence-corrected chi connectivity index (χ0v) is 11.2.